The van der Waals surface area contributed by atoms with Crippen LogP contribution in [0.2, 0.25) is 0 Å². The summed E-state index contributed by atoms with van der Waals surface area (Å²) in [7, 11) is 0. The van der Waals surface area contributed by atoms with Crippen LogP contribution in [0.4, 0.5) is 0 Å². The molecular formula is C14H27Cl. The number of hydrogen-bond acceptors (Lipinski definition) is 0. The molecule has 15 heavy (non-hydrogen) atoms. The van der Waals surface area contributed by atoms with E-state index in [-0.39, 0.29) is 0 Å². The minimum Gasteiger partial charge on any atom is -0.126 e. The summed E-state index contributed by atoms with van der Waals surface area (Å²) in [6.45, 7) is 4.49. The second kappa shape index (κ2) is 12.1. The summed E-state index contributed by atoms with van der Waals surface area (Å²) in [5.41, 5.74) is 1.52. The third-order valence-corrected chi connectivity index (χ3v) is 2.99. The van der Waals surface area contributed by atoms with Crippen molar-refractivity contribution < 1.29 is 0 Å². The summed E-state index contributed by atoms with van der Waals surface area (Å²) in [6, 6.07) is 0. The molecular weight excluding hydrogens is 204 g/mol. The highest BCUT2D eigenvalue weighted by atomic mass is 35.5. The topological polar surface area (TPSA) is 0 Å². The molecule has 0 radical (unpaired) electrons. The summed E-state index contributed by atoms with van der Waals surface area (Å²) in [4.78, 5) is 0. The maximum absolute atomic E-state index is 5.63. The average Bonchev–Trinajstić information content (AvgIpc) is 2.25. The van der Waals surface area contributed by atoms with Gasteiger partial charge in [-0.1, -0.05) is 57.1 Å². The number of allylic oxidation sites excluding steroid dienone is 2. The SMILES string of the molecule is CCCCCCCCCC(C)=CCCCl. The quantitative estimate of drug-likeness (QED) is 0.257. The molecule has 0 aliphatic carbocycles. The van der Waals surface area contributed by atoms with E-state index in [0.29, 0.717) is 0 Å². The Hall–Kier alpha value is 0.0300. The van der Waals surface area contributed by atoms with E-state index in [9.17, 15) is 0 Å². The first-order chi connectivity index (χ1) is 7.31. The lowest BCUT2D eigenvalue weighted by molar-refractivity contribution is 0.588. The molecule has 0 fully saturated rings. The summed E-state index contributed by atoms with van der Waals surface area (Å²) in [5, 5.41) is 0. The zero-order valence-corrected chi connectivity index (χ0v) is 11.3. The van der Waals surface area contributed by atoms with Gasteiger partial charge in [0.2, 0.25) is 0 Å². The number of hydrogen-bond donors (Lipinski definition) is 0. The van der Waals surface area contributed by atoms with Crippen molar-refractivity contribution in [3.8, 4) is 0 Å². The highest BCUT2D eigenvalue weighted by Gasteiger charge is 1.92. The predicted molar refractivity (Wildman–Crippen MR) is 71.7 cm³/mol. The molecule has 0 aromatic rings. The van der Waals surface area contributed by atoms with E-state index < -0.39 is 0 Å². The van der Waals surface area contributed by atoms with Crippen LogP contribution in [0.25, 0.3) is 0 Å². The first-order valence-corrected chi connectivity index (χ1v) is 7.06. The van der Waals surface area contributed by atoms with Gasteiger partial charge in [0.1, 0.15) is 0 Å². The van der Waals surface area contributed by atoms with Gasteiger partial charge in [0.15, 0.2) is 0 Å². The van der Waals surface area contributed by atoms with Crippen LogP contribution in [0, 0.1) is 0 Å². The minimum absolute atomic E-state index is 0.758. The lowest BCUT2D eigenvalue weighted by atomic mass is 10.0. The van der Waals surface area contributed by atoms with E-state index in [0.717, 1.165) is 12.3 Å². The van der Waals surface area contributed by atoms with E-state index in [2.05, 4.69) is 19.9 Å². The molecule has 0 atom stereocenters. The largest absolute Gasteiger partial charge is 0.126 e. The van der Waals surface area contributed by atoms with Gasteiger partial charge in [-0.2, -0.15) is 0 Å². The molecule has 0 aromatic heterocycles. The highest BCUT2D eigenvalue weighted by molar-refractivity contribution is 6.17. The maximum atomic E-state index is 5.63. The van der Waals surface area contributed by atoms with E-state index >= 15 is 0 Å². The molecule has 0 saturated heterocycles. The van der Waals surface area contributed by atoms with Crippen LogP contribution in [-0.2, 0) is 0 Å². The molecule has 90 valence electrons. The van der Waals surface area contributed by atoms with Crippen molar-refractivity contribution in [2.24, 2.45) is 0 Å². The van der Waals surface area contributed by atoms with E-state index in [1.807, 2.05) is 0 Å². The molecule has 0 nitrogen and oxygen atoms in total. The molecule has 0 unspecified atom stereocenters. The lowest BCUT2D eigenvalue weighted by Gasteiger charge is -2.02. The van der Waals surface area contributed by atoms with Gasteiger partial charge in [0.05, 0.1) is 0 Å². The maximum Gasteiger partial charge on any atom is 0.0258 e. The van der Waals surface area contributed by atoms with Crippen LogP contribution >= 0.6 is 11.6 Å². The second-order valence-electron chi connectivity index (χ2n) is 4.40. The Morgan fingerprint density at radius 3 is 2.20 bits per heavy atom. The van der Waals surface area contributed by atoms with Crippen molar-refractivity contribution in [3.63, 3.8) is 0 Å². The van der Waals surface area contributed by atoms with Crippen LogP contribution in [0.3, 0.4) is 0 Å². The molecule has 0 heterocycles. The lowest BCUT2D eigenvalue weighted by Crippen LogP contribution is -1.82. The highest BCUT2D eigenvalue weighted by Crippen LogP contribution is 2.12. The monoisotopic (exact) mass is 230 g/mol. The summed E-state index contributed by atoms with van der Waals surface area (Å²) >= 11 is 5.63. The van der Waals surface area contributed by atoms with Gasteiger partial charge in [-0.05, 0) is 26.2 Å². The van der Waals surface area contributed by atoms with Crippen LogP contribution in [0.15, 0.2) is 11.6 Å². The minimum atomic E-state index is 0.758. The molecule has 0 N–H and O–H groups in total. The van der Waals surface area contributed by atoms with Gasteiger partial charge in [-0.3, -0.25) is 0 Å². The second-order valence-corrected chi connectivity index (χ2v) is 4.78. The number of alkyl halides is 1. The van der Waals surface area contributed by atoms with Crippen molar-refractivity contribution in [1.29, 1.82) is 0 Å². The molecule has 0 rings (SSSR count). The number of rotatable bonds is 10. The Bertz CT molecular complexity index is 149. The molecule has 0 aromatic carbocycles. The van der Waals surface area contributed by atoms with Crippen molar-refractivity contribution in [3.05, 3.63) is 11.6 Å². The normalized spacial score (nSPS) is 12.1. The number of unbranched alkanes of at least 4 members (excludes halogenated alkanes) is 6. The van der Waals surface area contributed by atoms with E-state index in [1.54, 1.807) is 0 Å². The van der Waals surface area contributed by atoms with Gasteiger partial charge in [-0.25, -0.2) is 0 Å². The van der Waals surface area contributed by atoms with Gasteiger partial charge in [0, 0.05) is 5.88 Å². The van der Waals surface area contributed by atoms with Crippen molar-refractivity contribution in [1.82, 2.24) is 0 Å². The smallest absolute Gasteiger partial charge is 0.0258 e. The van der Waals surface area contributed by atoms with Gasteiger partial charge in [-0.15, -0.1) is 11.6 Å². The summed E-state index contributed by atoms with van der Waals surface area (Å²) in [5.74, 6) is 0.758. The zero-order chi connectivity index (χ0) is 11.4. The van der Waals surface area contributed by atoms with Gasteiger partial charge < -0.3 is 0 Å². The Labute approximate surface area is 101 Å². The van der Waals surface area contributed by atoms with Crippen molar-refractivity contribution >= 4 is 11.6 Å². The van der Waals surface area contributed by atoms with E-state index in [1.165, 1.54) is 56.9 Å². The van der Waals surface area contributed by atoms with Crippen molar-refractivity contribution in [2.75, 3.05) is 5.88 Å². The molecule has 0 amide bonds. The molecule has 0 bridgehead atoms. The zero-order valence-electron chi connectivity index (χ0n) is 10.5. The molecule has 1 heteroatoms. The number of halogens is 1. The van der Waals surface area contributed by atoms with Crippen LogP contribution in [-0.4, -0.2) is 5.88 Å². The third kappa shape index (κ3) is 12.0. The molecule has 0 saturated carbocycles. The standard InChI is InChI=1S/C14H27Cl/c1-3-4-5-6-7-8-9-11-14(2)12-10-13-15/h12H,3-11,13H2,1-2H3. The Morgan fingerprint density at radius 2 is 1.60 bits per heavy atom. The Morgan fingerprint density at radius 1 is 1.00 bits per heavy atom. The fourth-order valence-corrected chi connectivity index (χ4v) is 1.87. The predicted octanol–water partition coefficient (Wildman–Crippen LogP) is 5.70. The van der Waals surface area contributed by atoms with Gasteiger partial charge >= 0.3 is 0 Å². The van der Waals surface area contributed by atoms with Crippen LogP contribution < -0.4 is 0 Å². The fraction of sp³-hybridized carbons (Fsp3) is 0.857. The molecule has 0 aliphatic rings. The average molecular weight is 231 g/mol. The van der Waals surface area contributed by atoms with Crippen molar-refractivity contribution in [2.45, 2.75) is 71.6 Å². The van der Waals surface area contributed by atoms with Crippen LogP contribution in [0.5, 0.6) is 0 Å². The Kier molecular flexibility index (Phi) is 12.1. The summed E-state index contributed by atoms with van der Waals surface area (Å²) in [6.07, 6.45) is 14.4. The first kappa shape index (κ1) is 15.0. The molecule has 0 spiro atoms. The van der Waals surface area contributed by atoms with Gasteiger partial charge in [0.25, 0.3) is 0 Å². The molecule has 0 aliphatic heterocycles. The fourth-order valence-electron chi connectivity index (χ4n) is 1.76. The van der Waals surface area contributed by atoms with E-state index in [4.69, 9.17) is 11.6 Å². The van der Waals surface area contributed by atoms with Crippen LogP contribution in [0.1, 0.15) is 71.6 Å². The first-order valence-electron chi connectivity index (χ1n) is 6.52. The third-order valence-electron chi connectivity index (χ3n) is 2.78. The summed E-state index contributed by atoms with van der Waals surface area (Å²) < 4.78 is 0. The Balaban J connectivity index is 3.16.